The zero-order valence-electron chi connectivity index (χ0n) is 8.94. The number of benzene rings is 1. The van der Waals surface area contributed by atoms with Crippen LogP contribution in [0.25, 0.3) is 10.1 Å². The molecule has 1 aromatic carbocycles. The van der Waals surface area contributed by atoms with E-state index in [1.54, 1.807) is 12.1 Å². The molecule has 0 aliphatic rings. The fourth-order valence-corrected chi connectivity index (χ4v) is 4.04. The molecule has 19 heavy (non-hydrogen) atoms. The molecule has 0 aliphatic carbocycles. The topological polar surface area (TPSA) is 0 Å². The Labute approximate surface area is 125 Å². The Morgan fingerprint density at radius 3 is 2.32 bits per heavy atom. The standard InChI is InChI=1S/C11H5Br2F5S/c12-7-3-1-2-5-6(4-19-8(5)7)9(13)10(14,15)11(16,17)18/h1-4,9H. The summed E-state index contributed by atoms with van der Waals surface area (Å²) in [7, 11) is 0. The summed E-state index contributed by atoms with van der Waals surface area (Å²) in [5.41, 5.74) is -0.0661. The highest BCUT2D eigenvalue weighted by atomic mass is 79.9. The minimum absolute atomic E-state index is 0.0661. The highest BCUT2D eigenvalue weighted by Gasteiger charge is 2.62. The molecule has 1 aromatic heterocycles. The molecule has 1 atom stereocenters. The van der Waals surface area contributed by atoms with E-state index < -0.39 is 16.9 Å². The largest absolute Gasteiger partial charge is 0.454 e. The number of halogens is 7. The fraction of sp³-hybridized carbons (Fsp3) is 0.273. The smallest absolute Gasteiger partial charge is 0.195 e. The molecule has 2 aromatic rings. The highest BCUT2D eigenvalue weighted by molar-refractivity contribution is 9.10. The van der Waals surface area contributed by atoms with Crippen LogP contribution in [0, 0.1) is 0 Å². The third-order valence-electron chi connectivity index (χ3n) is 2.55. The van der Waals surface area contributed by atoms with Crippen molar-refractivity contribution in [3.8, 4) is 0 Å². The van der Waals surface area contributed by atoms with E-state index in [4.69, 9.17) is 0 Å². The Kier molecular flexibility index (Phi) is 3.97. The Bertz CT molecular complexity index is 605. The molecule has 0 nitrogen and oxygen atoms in total. The molecule has 0 radical (unpaired) electrons. The van der Waals surface area contributed by atoms with Crippen molar-refractivity contribution in [3.63, 3.8) is 0 Å². The maximum Gasteiger partial charge on any atom is 0.454 e. The van der Waals surface area contributed by atoms with Gasteiger partial charge in [-0.05, 0) is 38.3 Å². The Hall–Kier alpha value is -0.210. The van der Waals surface area contributed by atoms with Crippen LogP contribution in [-0.2, 0) is 0 Å². The van der Waals surface area contributed by atoms with Crippen molar-refractivity contribution in [2.45, 2.75) is 16.9 Å². The molecule has 1 heterocycles. The monoisotopic (exact) mass is 422 g/mol. The SMILES string of the molecule is FC(F)(F)C(F)(F)C(Br)c1csc2c(Br)cccc12. The molecule has 0 saturated heterocycles. The van der Waals surface area contributed by atoms with E-state index in [1.165, 1.54) is 11.4 Å². The summed E-state index contributed by atoms with van der Waals surface area (Å²) in [6.07, 6.45) is -5.60. The summed E-state index contributed by atoms with van der Waals surface area (Å²) in [5, 5.41) is 1.69. The van der Waals surface area contributed by atoms with Crippen LogP contribution in [0.1, 0.15) is 10.4 Å². The molecule has 0 amide bonds. The molecule has 0 aliphatic heterocycles. The van der Waals surface area contributed by atoms with Gasteiger partial charge in [-0.25, -0.2) is 0 Å². The predicted molar refractivity (Wildman–Crippen MR) is 72.2 cm³/mol. The third kappa shape index (κ3) is 2.54. The van der Waals surface area contributed by atoms with Gasteiger partial charge < -0.3 is 0 Å². The maximum atomic E-state index is 13.3. The van der Waals surface area contributed by atoms with Gasteiger partial charge in [0.05, 0.1) is 0 Å². The molecule has 1 unspecified atom stereocenters. The average molecular weight is 424 g/mol. The number of fused-ring (bicyclic) bond motifs is 1. The minimum atomic E-state index is -5.60. The Balaban J connectivity index is 2.54. The summed E-state index contributed by atoms with van der Waals surface area (Å²) in [4.78, 5) is -2.11. The molecule has 0 bridgehead atoms. The lowest BCUT2D eigenvalue weighted by Gasteiger charge is -2.24. The van der Waals surface area contributed by atoms with Gasteiger partial charge in [0, 0.05) is 9.17 Å². The van der Waals surface area contributed by atoms with Crippen LogP contribution in [0.5, 0.6) is 0 Å². The van der Waals surface area contributed by atoms with Crippen LogP contribution in [0.2, 0.25) is 0 Å². The Morgan fingerprint density at radius 2 is 1.74 bits per heavy atom. The third-order valence-corrected chi connectivity index (χ3v) is 5.59. The van der Waals surface area contributed by atoms with Crippen molar-refractivity contribution in [1.29, 1.82) is 0 Å². The number of thiophene rings is 1. The average Bonchev–Trinajstić information content (AvgIpc) is 2.71. The molecule has 0 N–H and O–H groups in total. The van der Waals surface area contributed by atoms with Gasteiger partial charge in [-0.2, -0.15) is 22.0 Å². The first-order valence-electron chi connectivity index (χ1n) is 4.90. The van der Waals surface area contributed by atoms with Crippen LogP contribution < -0.4 is 0 Å². The lowest BCUT2D eigenvalue weighted by molar-refractivity contribution is -0.281. The lowest BCUT2D eigenvalue weighted by atomic mass is 10.1. The van der Waals surface area contributed by atoms with Gasteiger partial charge in [-0.15, -0.1) is 11.3 Å². The van der Waals surface area contributed by atoms with E-state index in [-0.39, 0.29) is 5.56 Å². The van der Waals surface area contributed by atoms with Crippen LogP contribution in [0.3, 0.4) is 0 Å². The van der Waals surface area contributed by atoms with E-state index in [2.05, 4.69) is 31.9 Å². The molecule has 0 saturated carbocycles. The van der Waals surface area contributed by atoms with Crippen LogP contribution in [0.15, 0.2) is 28.1 Å². The normalized spacial score (nSPS) is 14.9. The van der Waals surface area contributed by atoms with Gasteiger partial charge in [0.15, 0.2) is 0 Å². The van der Waals surface area contributed by atoms with Gasteiger partial charge in [0.25, 0.3) is 0 Å². The van der Waals surface area contributed by atoms with Gasteiger partial charge in [-0.1, -0.05) is 28.1 Å². The van der Waals surface area contributed by atoms with Crippen LogP contribution in [-0.4, -0.2) is 12.1 Å². The minimum Gasteiger partial charge on any atom is -0.195 e. The number of rotatable bonds is 2. The van der Waals surface area contributed by atoms with Gasteiger partial charge in [0.1, 0.15) is 4.83 Å². The summed E-state index contributed by atoms with van der Waals surface area (Å²) in [6, 6.07) is 4.81. The van der Waals surface area contributed by atoms with Gasteiger partial charge in [-0.3, -0.25) is 0 Å². The molecule has 0 fully saturated rings. The van der Waals surface area contributed by atoms with E-state index in [1.807, 2.05) is 0 Å². The second-order valence-corrected chi connectivity index (χ2v) is 6.44. The van der Waals surface area contributed by atoms with E-state index in [9.17, 15) is 22.0 Å². The maximum absolute atomic E-state index is 13.3. The van der Waals surface area contributed by atoms with Crippen molar-refractivity contribution >= 4 is 53.3 Å². The zero-order chi connectivity index (χ0) is 14.4. The van der Waals surface area contributed by atoms with E-state index in [0.717, 1.165) is 11.3 Å². The predicted octanol–water partition coefficient (Wildman–Crippen LogP) is 6.30. The quantitative estimate of drug-likeness (QED) is 0.393. The van der Waals surface area contributed by atoms with Crippen molar-refractivity contribution in [2.75, 3.05) is 0 Å². The Morgan fingerprint density at radius 1 is 1.11 bits per heavy atom. The number of hydrogen-bond acceptors (Lipinski definition) is 1. The second kappa shape index (κ2) is 4.96. The molecule has 8 heteroatoms. The van der Waals surface area contributed by atoms with Crippen LogP contribution in [0.4, 0.5) is 22.0 Å². The van der Waals surface area contributed by atoms with Gasteiger partial charge >= 0.3 is 12.1 Å². The highest BCUT2D eigenvalue weighted by Crippen LogP contribution is 2.51. The summed E-state index contributed by atoms with van der Waals surface area (Å²) >= 11 is 6.84. The molecular weight excluding hydrogens is 419 g/mol. The number of alkyl halides is 6. The lowest BCUT2D eigenvalue weighted by Crippen LogP contribution is -2.39. The van der Waals surface area contributed by atoms with Crippen LogP contribution >= 0.6 is 43.2 Å². The first-order chi connectivity index (χ1) is 8.66. The summed E-state index contributed by atoms with van der Waals surface area (Å²) in [5.74, 6) is -4.83. The number of hydrogen-bond donors (Lipinski definition) is 0. The molecule has 2 rings (SSSR count). The van der Waals surface area contributed by atoms with Crippen molar-refractivity contribution in [1.82, 2.24) is 0 Å². The van der Waals surface area contributed by atoms with Gasteiger partial charge in [0.2, 0.25) is 0 Å². The van der Waals surface area contributed by atoms with Crippen molar-refractivity contribution in [3.05, 3.63) is 33.6 Å². The molecule has 104 valence electrons. The summed E-state index contributed by atoms with van der Waals surface area (Å²) < 4.78 is 65.1. The molecular formula is C11H5Br2F5S. The first-order valence-corrected chi connectivity index (χ1v) is 7.49. The van der Waals surface area contributed by atoms with E-state index in [0.29, 0.717) is 14.6 Å². The summed E-state index contributed by atoms with van der Waals surface area (Å²) in [6.45, 7) is 0. The first kappa shape index (κ1) is 15.2. The zero-order valence-corrected chi connectivity index (χ0v) is 12.9. The van der Waals surface area contributed by atoms with E-state index >= 15 is 0 Å². The second-order valence-electron chi connectivity index (χ2n) is 3.79. The van der Waals surface area contributed by atoms with Crippen molar-refractivity contribution < 1.29 is 22.0 Å². The molecule has 0 spiro atoms. The fourth-order valence-electron chi connectivity index (χ4n) is 1.58. The van der Waals surface area contributed by atoms with Crippen molar-refractivity contribution in [2.24, 2.45) is 0 Å².